The molecule has 21 heavy (non-hydrogen) atoms. The van der Waals surface area contributed by atoms with Crippen LogP contribution in [0, 0.1) is 0 Å². The van der Waals surface area contributed by atoms with Crippen molar-refractivity contribution in [3.63, 3.8) is 0 Å². The summed E-state index contributed by atoms with van der Waals surface area (Å²) in [4.78, 5) is 25.6. The second-order valence-electron chi connectivity index (χ2n) is 5.60. The van der Waals surface area contributed by atoms with Gasteiger partial charge in [0.05, 0.1) is 19.1 Å². The van der Waals surface area contributed by atoms with Crippen LogP contribution in [0.25, 0.3) is 0 Å². The Morgan fingerprint density at radius 2 is 2.10 bits per heavy atom. The van der Waals surface area contributed by atoms with Crippen LogP contribution < -0.4 is 0 Å². The molecule has 112 valence electrons. The molecular formula is C16H19NO4. The number of benzene rings is 1. The maximum Gasteiger partial charge on any atom is 0.328 e. The van der Waals surface area contributed by atoms with Gasteiger partial charge in [0.25, 0.3) is 0 Å². The number of fused-ring (bicyclic) bond motifs is 1. The van der Waals surface area contributed by atoms with E-state index in [0.717, 1.165) is 24.8 Å². The molecule has 2 atom stereocenters. The van der Waals surface area contributed by atoms with Crippen LogP contribution in [0.15, 0.2) is 24.3 Å². The predicted molar refractivity (Wildman–Crippen MR) is 76.1 cm³/mol. The van der Waals surface area contributed by atoms with Gasteiger partial charge in [-0.15, -0.1) is 0 Å². The molecule has 0 radical (unpaired) electrons. The number of carboxylic acid groups (broad SMARTS) is 1. The fourth-order valence-corrected chi connectivity index (χ4v) is 3.28. The van der Waals surface area contributed by atoms with Crippen molar-refractivity contribution in [2.45, 2.75) is 31.2 Å². The highest BCUT2D eigenvalue weighted by atomic mass is 16.5. The average Bonchev–Trinajstić information content (AvgIpc) is 2.53. The Labute approximate surface area is 123 Å². The van der Waals surface area contributed by atoms with E-state index >= 15 is 0 Å². The summed E-state index contributed by atoms with van der Waals surface area (Å²) in [5, 5.41) is 9.28. The molecule has 1 aliphatic heterocycles. The second kappa shape index (κ2) is 5.85. The van der Waals surface area contributed by atoms with E-state index in [1.807, 2.05) is 18.2 Å². The van der Waals surface area contributed by atoms with Crippen LogP contribution in [0.5, 0.6) is 0 Å². The molecule has 0 spiro atoms. The zero-order valence-corrected chi connectivity index (χ0v) is 11.8. The van der Waals surface area contributed by atoms with Crippen LogP contribution in [0.4, 0.5) is 0 Å². The van der Waals surface area contributed by atoms with Gasteiger partial charge in [0.2, 0.25) is 5.91 Å². The van der Waals surface area contributed by atoms with Crippen LogP contribution in [-0.2, 0) is 20.7 Å². The molecule has 5 nitrogen and oxygen atoms in total. The zero-order chi connectivity index (χ0) is 14.8. The van der Waals surface area contributed by atoms with E-state index in [-0.39, 0.29) is 18.4 Å². The van der Waals surface area contributed by atoms with Gasteiger partial charge < -0.3 is 14.7 Å². The van der Waals surface area contributed by atoms with Crippen LogP contribution >= 0.6 is 0 Å². The largest absolute Gasteiger partial charge is 0.480 e. The lowest BCUT2D eigenvalue weighted by molar-refractivity contribution is -0.159. The molecule has 1 heterocycles. The minimum Gasteiger partial charge on any atom is -0.480 e. The molecule has 1 saturated heterocycles. The first-order chi connectivity index (χ1) is 10.2. The Hall–Kier alpha value is -1.88. The van der Waals surface area contributed by atoms with E-state index in [1.54, 1.807) is 0 Å². The number of aliphatic carboxylic acids is 1. The van der Waals surface area contributed by atoms with Gasteiger partial charge in [-0.25, -0.2) is 4.79 Å². The van der Waals surface area contributed by atoms with Crippen molar-refractivity contribution < 1.29 is 19.4 Å². The van der Waals surface area contributed by atoms with Gasteiger partial charge in [0.1, 0.15) is 0 Å². The number of aryl methyl sites for hydroxylation is 1. The van der Waals surface area contributed by atoms with E-state index in [2.05, 4.69) is 6.07 Å². The fourth-order valence-electron chi connectivity index (χ4n) is 3.28. The Morgan fingerprint density at radius 3 is 2.90 bits per heavy atom. The maximum absolute atomic E-state index is 12.8. The SMILES string of the molecule is O=C(O)[C@@H]1COCCN1C(=O)[C@@H]1CCCc2ccccc21. The number of morpholine rings is 1. The molecule has 2 aliphatic rings. The Balaban J connectivity index is 1.86. The van der Waals surface area contributed by atoms with Gasteiger partial charge >= 0.3 is 5.97 Å². The molecule has 0 aromatic heterocycles. The summed E-state index contributed by atoms with van der Waals surface area (Å²) in [6.45, 7) is 0.841. The molecule has 1 N–H and O–H groups in total. The van der Waals surface area contributed by atoms with Crippen LogP contribution in [-0.4, -0.2) is 47.7 Å². The number of carbonyl (C=O) groups is 2. The lowest BCUT2D eigenvalue weighted by Gasteiger charge is -2.36. The molecule has 3 rings (SSSR count). The van der Waals surface area contributed by atoms with Gasteiger partial charge in [-0.2, -0.15) is 0 Å². The highest BCUT2D eigenvalue weighted by molar-refractivity contribution is 5.89. The Bertz CT molecular complexity index is 557. The monoisotopic (exact) mass is 289 g/mol. The second-order valence-corrected chi connectivity index (χ2v) is 5.60. The summed E-state index contributed by atoms with van der Waals surface area (Å²) in [5.74, 6) is -1.28. The van der Waals surface area contributed by atoms with E-state index in [1.165, 1.54) is 10.5 Å². The fraction of sp³-hybridized carbons (Fsp3) is 0.500. The number of amides is 1. The number of hydrogen-bond acceptors (Lipinski definition) is 3. The van der Waals surface area contributed by atoms with Gasteiger partial charge in [0.15, 0.2) is 6.04 Å². The minimum atomic E-state index is -0.993. The Kier molecular flexibility index (Phi) is 3.92. The molecule has 0 saturated carbocycles. The van der Waals surface area contributed by atoms with Crippen molar-refractivity contribution >= 4 is 11.9 Å². The molecule has 0 unspecified atom stereocenters. The zero-order valence-electron chi connectivity index (χ0n) is 11.8. The third-order valence-corrected chi connectivity index (χ3v) is 4.36. The summed E-state index contributed by atoms with van der Waals surface area (Å²) < 4.78 is 5.21. The predicted octanol–water partition coefficient (Wildman–Crippen LogP) is 1.42. The van der Waals surface area contributed by atoms with Crippen LogP contribution in [0.1, 0.15) is 29.9 Å². The average molecular weight is 289 g/mol. The lowest BCUT2D eigenvalue weighted by atomic mass is 9.82. The number of hydrogen-bond donors (Lipinski definition) is 1. The third kappa shape index (κ3) is 2.65. The quantitative estimate of drug-likeness (QED) is 0.894. The minimum absolute atomic E-state index is 0.0714. The Morgan fingerprint density at radius 1 is 1.29 bits per heavy atom. The van der Waals surface area contributed by atoms with Gasteiger partial charge in [0, 0.05) is 6.54 Å². The van der Waals surface area contributed by atoms with E-state index < -0.39 is 12.0 Å². The highest BCUT2D eigenvalue weighted by Gasteiger charge is 2.37. The van der Waals surface area contributed by atoms with Gasteiger partial charge in [-0.3, -0.25) is 4.79 Å². The topological polar surface area (TPSA) is 66.8 Å². The molecule has 1 amide bonds. The number of ether oxygens (including phenoxy) is 1. The number of carboxylic acids is 1. The normalized spacial score (nSPS) is 25.2. The van der Waals surface area contributed by atoms with Crippen molar-refractivity contribution in [2.75, 3.05) is 19.8 Å². The van der Waals surface area contributed by atoms with Crippen molar-refractivity contribution in [3.8, 4) is 0 Å². The standard InChI is InChI=1S/C16H19NO4/c18-15(17-8-9-21-10-14(17)16(19)20)13-7-3-5-11-4-1-2-6-12(11)13/h1-2,4,6,13-14H,3,5,7-10H2,(H,19,20)/t13-,14+/m1/s1. The molecule has 1 aromatic carbocycles. The molecular weight excluding hydrogens is 270 g/mol. The molecule has 1 aliphatic carbocycles. The van der Waals surface area contributed by atoms with Crippen LogP contribution in [0.3, 0.4) is 0 Å². The molecule has 1 fully saturated rings. The molecule has 5 heteroatoms. The first-order valence-corrected chi connectivity index (χ1v) is 7.37. The lowest BCUT2D eigenvalue weighted by Crippen LogP contribution is -2.54. The van der Waals surface area contributed by atoms with Gasteiger partial charge in [-0.1, -0.05) is 24.3 Å². The van der Waals surface area contributed by atoms with Crippen LogP contribution in [0.2, 0.25) is 0 Å². The van der Waals surface area contributed by atoms with Gasteiger partial charge in [-0.05, 0) is 30.4 Å². The summed E-state index contributed by atoms with van der Waals surface area (Å²) in [6, 6.07) is 7.12. The van der Waals surface area contributed by atoms with E-state index in [9.17, 15) is 14.7 Å². The smallest absolute Gasteiger partial charge is 0.328 e. The molecule has 1 aromatic rings. The van der Waals surface area contributed by atoms with E-state index in [0.29, 0.717) is 13.2 Å². The third-order valence-electron chi connectivity index (χ3n) is 4.36. The highest BCUT2D eigenvalue weighted by Crippen LogP contribution is 2.33. The summed E-state index contributed by atoms with van der Waals surface area (Å²) in [7, 11) is 0. The number of nitrogens with zero attached hydrogens (tertiary/aromatic N) is 1. The van der Waals surface area contributed by atoms with Crippen molar-refractivity contribution in [2.24, 2.45) is 0 Å². The van der Waals surface area contributed by atoms with E-state index in [4.69, 9.17) is 4.74 Å². The summed E-state index contributed by atoms with van der Waals surface area (Å²) in [6.07, 6.45) is 2.75. The molecule has 0 bridgehead atoms. The van der Waals surface area contributed by atoms with Crippen molar-refractivity contribution in [3.05, 3.63) is 35.4 Å². The maximum atomic E-state index is 12.8. The van der Waals surface area contributed by atoms with Crippen molar-refractivity contribution in [1.82, 2.24) is 4.90 Å². The first-order valence-electron chi connectivity index (χ1n) is 7.37. The van der Waals surface area contributed by atoms with Crippen molar-refractivity contribution in [1.29, 1.82) is 0 Å². The summed E-state index contributed by atoms with van der Waals surface area (Å²) in [5.41, 5.74) is 2.27. The first kappa shape index (κ1) is 14.1. The number of carbonyl (C=O) groups excluding carboxylic acids is 1. The number of rotatable bonds is 2. The summed E-state index contributed by atoms with van der Waals surface area (Å²) >= 11 is 0.